The van der Waals surface area contributed by atoms with Gasteiger partial charge >= 0.3 is 0 Å². The van der Waals surface area contributed by atoms with Gasteiger partial charge in [-0.15, -0.1) is 11.3 Å². The van der Waals surface area contributed by atoms with Gasteiger partial charge in [-0.2, -0.15) is 0 Å². The van der Waals surface area contributed by atoms with Gasteiger partial charge in [-0.25, -0.2) is 13.1 Å². The Morgan fingerprint density at radius 1 is 1.56 bits per heavy atom. The number of thiophene rings is 1. The number of rotatable bonds is 7. The van der Waals surface area contributed by atoms with Gasteiger partial charge in [0.1, 0.15) is 4.21 Å². The summed E-state index contributed by atoms with van der Waals surface area (Å²) < 4.78 is 27.6. The topological polar surface area (TPSA) is 46.2 Å². The Labute approximate surface area is 134 Å². The summed E-state index contributed by atoms with van der Waals surface area (Å²) in [6.07, 6.45) is 1.90. The highest BCUT2D eigenvalue weighted by Crippen LogP contribution is 2.34. The van der Waals surface area contributed by atoms with E-state index in [1.54, 1.807) is 0 Å². The van der Waals surface area contributed by atoms with Crippen LogP contribution in [0.3, 0.4) is 0 Å². The maximum atomic E-state index is 12.0. The van der Waals surface area contributed by atoms with Crippen LogP contribution in [-0.2, 0) is 10.0 Å². The minimum atomic E-state index is -3.45. The molecule has 1 N–H and O–H groups in total. The molecule has 0 aliphatic heterocycles. The van der Waals surface area contributed by atoms with Gasteiger partial charge in [0, 0.05) is 11.9 Å². The van der Waals surface area contributed by atoms with Crippen LogP contribution in [0.4, 0.5) is 0 Å². The molecule has 3 nitrogen and oxygen atoms in total. The summed E-state index contributed by atoms with van der Waals surface area (Å²) in [6.45, 7) is 2.51. The maximum Gasteiger partial charge on any atom is 0.250 e. The van der Waals surface area contributed by atoms with Crippen LogP contribution < -0.4 is 4.72 Å². The molecule has 0 saturated carbocycles. The Morgan fingerprint density at radius 2 is 2.22 bits per heavy atom. The lowest BCUT2D eigenvalue weighted by atomic mass is 10.0. The van der Waals surface area contributed by atoms with Gasteiger partial charge < -0.3 is 0 Å². The van der Waals surface area contributed by atoms with Crippen molar-refractivity contribution in [3.8, 4) is 0 Å². The first kappa shape index (κ1) is 16.9. The molecule has 0 aliphatic rings. The van der Waals surface area contributed by atoms with Gasteiger partial charge in [0.15, 0.2) is 0 Å². The second-order valence-corrected chi connectivity index (χ2v) is 9.35. The molecule has 0 radical (unpaired) electrons. The Morgan fingerprint density at radius 3 is 2.67 bits per heavy atom. The zero-order valence-electron chi connectivity index (χ0n) is 9.75. The summed E-state index contributed by atoms with van der Waals surface area (Å²) in [6, 6.07) is 1.46. The summed E-state index contributed by atoms with van der Waals surface area (Å²) in [5, 5.41) is 1.30. The molecule has 0 saturated heterocycles. The number of nitrogens with one attached hydrogen (secondary N) is 1. The van der Waals surface area contributed by atoms with Crippen LogP contribution in [0, 0.1) is 5.92 Å². The lowest BCUT2D eigenvalue weighted by molar-refractivity contribution is 0.483. The standard InChI is InChI=1S/C10H14Br2ClNO2S2/c1-2-7(3-4-11)6-14-18(15,16)9-5-8(13)10(12)17-9/h5,7,14H,2-4,6H2,1H3. The first-order valence-corrected chi connectivity index (χ1v) is 10.00. The van der Waals surface area contributed by atoms with Crippen LogP contribution in [0.1, 0.15) is 19.8 Å². The van der Waals surface area contributed by atoms with Gasteiger partial charge in [-0.3, -0.25) is 0 Å². The Hall–Kier alpha value is 0.860. The summed E-state index contributed by atoms with van der Waals surface area (Å²) in [5.41, 5.74) is 0. The molecule has 0 aliphatic carbocycles. The number of halogens is 3. The van der Waals surface area contributed by atoms with Crippen molar-refractivity contribution in [2.75, 3.05) is 11.9 Å². The highest BCUT2D eigenvalue weighted by molar-refractivity contribution is 9.11. The van der Waals surface area contributed by atoms with E-state index in [1.165, 1.54) is 6.07 Å². The highest BCUT2D eigenvalue weighted by atomic mass is 79.9. The molecule has 1 rings (SSSR count). The van der Waals surface area contributed by atoms with Crippen molar-refractivity contribution in [1.82, 2.24) is 4.72 Å². The minimum absolute atomic E-state index is 0.244. The third kappa shape index (κ3) is 4.76. The Kier molecular flexibility index (Phi) is 7.13. The molecular weight excluding hydrogens is 426 g/mol. The highest BCUT2D eigenvalue weighted by Gasteiger charge is 2.20. The van der Waals surface area contributed by atoms with Crippen molar-refractivity contribution in [2.45, 2.75) is 24.0 Å². The van der Waals surface area contributed by atoms with Crippen molar-refractivity contribution in [3.05, 3.63) is 14.9 Å². The van der Waals surface area contributed by atoms with E-state index in [0.29, 0.717) is 21.3 Å². The first-order chi connectivity index (χ1) is 8.40. The van der Waals surface area contributed by atoms with Crippen molar-refractivity contribution in [1.29, 1.82) is 0 Å². The second-order valence-electron chi connectivity index (χ2n) is 3.79. The lowest BCUT2D eigenvalue weighted by Crippen LogP contribution is -2.28. The van der Waals surface area contributed by atoms with Gasteiger partial charge in [-0.1, -0.05) is 40.9 Å². The summed E-state index contributed by atoms with van der Waals surface area (Å²) in [5.74, 6) is 0.345. The summed E-state index contributed by atoms with van der Waals surface area (Å²) in [4.78, 5) is 0. The van der Waals surface area contributed by atoms with Crippen molar-refractivity contribution < 1.29 is 8.42 Å². The molecule has 1 aromatic rings. The molecule has 0 amide bonds. The molecule has 0 aromatic carbocycles. The van der Waals surface area contributed by atoms with Crippen molar-refractivity contribution in [3.63, 3.8) is 0 Å². The van der Waals surface area contributed by atoms with Gasteiger partial charge in [0.05, 0.1) is 8.81 Å². The molecule has 1 atom stereocenters. The molecule has 0 fully saturated rings. The zero-order valence-corrected chi connectivity index (χ0v) is 15.3. The van der Waals surface area contributed by atoms with Gasteiger partial charge in [0.2, 0.25) is 10.0 Å². The fraction of sp³-hybridized carbons (Fsp3) is 0.600. The van der Waals surface area contributed by atoms with Crippen molar-refractivity contribution in [2.24, 2.45) is 5.92 Å². The average molecular weight is 440 g/mol. The van der Waals surface area contributed by atoms with E-state index in [0.717, 1.165) is 29.5 Å². The molecule has 104 valence electrons. The molecule has 8 heteroatoms. The first-order valence-electron chi connectivity index (χ1n) is 5.41. The average Bonchev–Trinajstić information content (AvgIpc) is 2.66. The van der Waals surface area contributed by atoms with E-state index in [1.807, 2.05) is 0 Å². The molecule has 18 heavy (non-hydrogen) atoms. The molecule has 1 unspecified atom stereocenters. The number of hydrogen-bond acceptors (Lipinski definition) is 3. The third-order valence-electron chi connectivity index (χ3n) is 2.54. The van der Waals surface area contributed by atoms with Crippen LogP contribution in [0.25, 0.3) is 0 Å². The summed E-state index contributed by atoms with van der Waals surface area (Å²) >= 11 is 13.5. The predicted molar refractivity (Wildman–Crippen MR) is 84.4 cm³/mol. The van der Waals surface area contributed by atoms with Crippen LogP contribution in [-0.4, -0.2) is 20.3 Å². The number of sulfonamides is 1. The molecule has 1 heterocycles. The van der Waals surface area contributed by atoms with E-state index in [2.05, 4.69) is 43.5 Å². The van der Waals surface area contributed by atoms with Crippen LogP contribution >= 0.6 is 54.8 Å². The van der Waals surface area contributed by atoms with E-state index >= 15 is 0 Å². The number of hydrogen-bond donors (Lipinski definition) is 1. The fourth-order valence-corrected chi connectivity index (χ4v) is 5.57. The van der Waals surface area contributed by atoms with E-state index in [-0.39, 0.29) is 4.21 Å². The van der Waals surface area contributed by atoms with Crippen LogP contribution in [0.15, 0.2) is 14.1 Å². The predicted octanol–water partition coefficient (Wildman–Crippen LogP) is 4.25. The fourth-order valence-electron chi connectivity index (χ4n) is 1.36. The molecule has 1 aromatic heterocycles. The maximum absolute atomic E-state index is 12.0. The molecule has 0 bridgehead atoms. The zero-order chi connectivity index (χ0) is 13.8. The van der Waals surface area contributed by atoms with Gasteiger partial charge in [-0.05, 0) is 34.3 Å². The Balaban J connectivity index is 2.70. The Bertz CT molecular complexity index is 471. The van der Waals surface area contributed by atoms with E-state index < -0.39 is 10.0 Å². The van der Waals surface area contributed by atoms with Crippen LogP contribution in [0.2, 0.25) is 5.02 Å². The lowest BCUT2D eigenvalue weighted by Gasteiger charge is -2.13. The monoisotopic (exact) mass is 437 g/mol. The number of alkyl halides is 1. The van der Waals surface area contributed by atoms with E-state index in [9.17, 15) is 8.42 Å². The minimum Gasteiger partial charge on any atom is -0.210 e. The second kappa shape index (κ2) is 7.59. The third-order valence-corrected chi connectivity index (χ3v) is 7.37. The molecule has 0 spiro atoms. The largest absolute Gasteiger partial charge is 0.250 e. The van der Waals surface area contributed by atoms with Crippen molar-refractivity contribution >= 4 is 64.8 Å². The van der Waals surface area contributed by atoms with Gasteiger partial charge in [0.25, 0.3) is 0 Å². The SMILES string of the molecule is CCC(CCBr)CNS(=O)(=O)c1cc(Cl)c(Br)s1. The quantitative estimate of drug-likeness (QED) is 0.646. The molecular formula is C10H14Br2ClNO2S2. The normalized spacial score (nSPS) is 13.8. The smallest absolute Gasteiger partial charge is 0.210 e. The van der Waals surface area contributed by atoms with Crippen LogP contribution in [0.5, 0.6) is 0 Å². The van der Waals surface area contributed by atoms with E-state index in [4.69, 9.17) is 11.6 Å². The summed E-state index contributed by atoms with van der Waals surface area (Å²) in [7, 11) is -3.45.